The highest BCUT2D eigenvalue weighted by Gasteiger charge is 2.42. The van der Waals surface area contributed by atoms with Gasteiger partial charge in [-0.2, -0.15) is 0 Å². The highest BCUT2D eigenvalue weighted by Crippen LogP contribution is 2.41. The van der Waals surface area contributed by atoms with Crippen molar-refractivity contribution >= 4 is 5.78 Å². The van der Waals surface area contributed by atoms with Crippen molar-refractivity contribution in [2.75, 3.05) is 0 Å². The van der Waals surface area contributed by atoms with Gasteiger partial charge in [0.15, 0.2) is 5.78 Å². The molecule has 0 aromatic heterocycles. The van der Waals surface area contributed by atoms with Crippen LogP contribution >= 0.6 is 0 Å². The van der Waals surface area contributed by atoms with Gasteiger partial charge in [-0.05, 0) is 55.9 Å². The normalized spacial score (nSPS) is 25.9. The molecule has 2 saturated heterocycles. The van der Waals surface area contributed by atoms with Crippen LogP contribution in [0.15, 0.2) is 48.5 Å². The molecule has 2 fully saturated rings. The Kier molecular flexibility index (Phi) is 4.43. The summed E-state index contributed by atoms with van der Waals surface area (Å²) in [5.41, 5.74) is 2.79. The molecule has 3 heteroatoms. The van der Waals surface area contributed by atoms with E-state index < -0.39 is 0 Å². The van der Waals surface area contributed by atoms with Gasteiger partial charge < -0.3 is 0 Å². The van der Waals surface area contributed by atoms with Crippen molar-refractivity contribution in [3.63, 3.8) is 0 Å². The Balaban J connectivity index is 1.49. The van der Waals surface area contributed by atoms with Gasteiger partial charge in [0, 0.05) is 30.1 Å². The Morgan fingerprint density at radius 2 is 1.76 bits per heavy atom. The van der Waals surface area contributed by atoms with Crippen molar-refractivity contribution in [1.29, 1.82) is 0 Å². The van der Waals surface area contributed by atoms with Crippen LogP contribution < -0.4 is 0 Å². The Morgan fingerprint density at radius 1 is 1.08 bits per heavy atom. The third-order valence-corrected chi connectivity index (χ3v) is 5.93. The van der Waals surface area contributed by atoms with E-state index in [4.69, 9.17) is 0 Å². The van der Waals surface area contributed by atoms with E-state index in [2.05, 4.69) is 29.2 Å². The SMILES string of the molecule is Cc1ccc(F)cc1C(=O)C1CC2CCC(C1)N2Cc1ccccc1. The third kappa shape index (κ3) is 3.25. The van der Waals surface area contributed by atoms with Crippen LogP contribution in [-0.4, -0.2) is 22.8 Å². The first-order valence-electron chi connectivity index (χ1n) is 9.22. The van der Waals surface area contributed by atoms with Crippen molar-refractivity contribution in [3.8, 4) is 0 Å². The lowest BCUT2D eigenvalue weighted by molar-refractivity contribution is 0.0677. The average molecular weight is 337 g/mol. The highest BCUT2D eigenvalue weighted by atomic mass is 19.1. The van der Waals surface area contributed by atoms with Crippen LogP contribution in [0.25, 0.3) is 0 Å². The summed E-state index contributed by atoms with van der Waals surface area (Å²) in [6.07, 6.45) is 4.14. The molecule has 2 unspecified atom stereocenters. The molecule has 0 radical (unpaired) electrons. The van der Waals surface area contributed by atoms with E-state index in [0.717, 1.165) is 24.9 Å². The van der Waals surface area contributed by atoms with E-state index >= 15 is 0 Å². The van der Waals surface area contributed by atoms with Crippen molar-refractivity contribution in [2.24, 2.45) is 5.92 Å². The summed E-state index contributed by atoms with van der Waals surface area (Å²) in [4.78, 5) is 15.6. The fourth-order valence-corrected chi connectivity index (χ4v) is 4.62. The number of piperidine rings is 1. The second-order valence-corrected chi connectivity index (χ2v) is 7.53. The Labute approximate surface area is 148 Å². The van der Waals surface area contributed by atoms with Gasteiger partial charge in [-0.1, -0.05) is 36.4 Å². The van der Waals surface area contributed by atoms with Gasteiger partial charge >= 0.3 is 0 Å². The second-order valence-electron chi connectivity index (χ2n) is 7.53. The quantitative estimate of drug-likeness (QED) is 0.750. The summed E-state index contributed by atoms with van der Waals surface area (Å²) in [7, 11) is 0. The van der Waals surface area contributed by atoms with E-state index in [1.54, 1.807) is 6.07 Å². The minimum absolute atomic E-state index is 0.0324. The summed E-state index contributed by atoms with van der Waals surface area (Å²) in [5.74, 6) is -0.156. The van der Waals surface area contributed by atoms with Crippen LogP contribution in [0.5, 0.6) is 0 Å². The molecule has 25 heavy (non-hydrogen) atoms. The second kappa shape index (κ2) is 6.72. The van der Waals surface area contributed by atoms with E-state index in [9.17, 15) is 9.18 Å². The molecule has 4 rings (SSSR count). The van der Waals surface area contributed by atoms with Gasteiger partial charge in [0.1, 0.15) is 5.82 Å². The predicted molar refractivity (Wildman–Crippen MR) is 97.0 cm³/mol. The lowest BCUT2D eigenvalue weighted by Gasteiger charge is -2.38. The van der Waals surface area contributed by atoms with Crippen molar-refractivity contribution < 1.29 is 9.18 Å². The van der Waals surface area contributed by atoms with Crippen LogP contribution in [-0.2, 0) is 6.54 Å². The molecule has 0 amide bonds. The molecule has 2 atom stereocenters. The lowest BCUT2D eigenvalue weighted by atomic mass is 9.83. The number of carbonyl (C=O) groups is 1. The zero-order chi connectivity index (χ0) is 17.4. The van der Waals surface area contributed by atoms with Crippen LogP contribution in [0, 0.1) is 18.7 Å². The van der Waals surface area contributed by atoms with Gasteiger partial charge in [-0.15, -0.1) is 0 Å². The fraction of sp³-hybridized carbons (Fsp3) is 0.409. The molecule has 2 aromatic rings. The van der Waals surface area contributed by atoms with Gasteiger partial charge in [-0.3, -0.25) is 9.69 Å². The van der Waals surface area contributed by atoms with Crippen molar-refractivity contribution in [3.05, 3.63) is 71.0 Å². The predicted octanol–water partition coefficient (Wildman–Crippen LogP) is 4.76. The smallest absolute Gasteiger partial charge is 0.166 e. The number of halogens is 1. The molecular formula is C22H24FNO. The number of rotatable bonds is 4. The number of benzene rings is 2. The number of hydrogen-bond acceptors (Lipinski definition) is 2. The summed E-state index contributed by atoms with van der Waals surface area (Å²) < 4.78 is 13.6. The maximum atomic E-state index is 13.6. The van der Waals surface area contributed by atoms with Gasteiger partial charge in [-0.25, -0.2) is 4.39 Å². The van der Waals surface area contributed by atoms with E-state index in [-0.39, 0.29) is 17.5 Å². The molecule has 2 nitrogen and oxygen atoms in total. The number of carbonyl (C=O) groups excluding carboxylic acids is 1. The highest BCUT2D eigenvalue weighted by molar-refractivity contribution is 5.99. The third-order valence-electron chi connectivity index (χ3n) is 5.93. The van der Waals surface area contributed by atoms with E-state index in [0.29, 0.717) is 17.6 Å². The molecule has 2 bridgehead atoms. The summed E-state index contributed by atoms with van der Waals surface area (Å²) in [6, 6.07) is 16.1. The van der Waals surface area contributed by atoms with Crippen LogP contribution in [0.2, 0.25) is 0 Å². The topological polar surface area (TPSA) is 20.3 Å². The first kappa shape index (κ1) is 16.5. The van der Waals surface area contributed by atoms with Gasteiger partial charge in [0.25, 0.3) is 0 Å². The first-order valence-corrected chi connectivity index (χ1v) is 9.22. The standard InChI is InChI=1S/C22H24FNO/c1-15-7-8-18(23)13-21(15)22(25)17-11-19-9-10-20(12-17)24(19)14-16-5-3-2-4-6-16/h2-8,13,17,19-20H,9-12,14H2,1H3. The molecule has 0 N–H and O–H groups in total. The number of hydrogen-bond donors (Lipinski definition) is 0. The van der Waals surface area contributed by atoms with Gasteiger partial charge in [0.2, 0.25) is 0 Å². The minimum Gasteiger partial charge on any atom is -0.294 e. The number of ketones is 1. The number of Topliss-reactive ketones (excluding diaryl/α,β-unsaturated/α-hetero) is 1. The van der Waals surface area contributed by atoms with Crippen molar-refractivity contribution in [2.45, 2.75) is 51.2 Å². The first-order chi connectivity index (χ1) is 12.1. The summed E-state index contributed by atoms with van der Waals surface area (Å²) >= 11 is 0. The van der Waals surface area contributed by atoms with Gasteiger partial charge in [0.05, 0.1) is 0 Å². The maximum Gasteiger partial charge on any atom is 0.166 e. The number of fused-ring (bicyclic) bond motifs is 2. The molecule has 0 aliphatic carbocycles. The lowest BCUT2D eigenvalue weighted by Crippen LogP contribution is -2.44. The minimum atomic E-state index is -0.321. The molecule has 2 aliphatic heterocycles. The zero-order valence-electron chi connectivity index (χ0n) is 14.6. The van der Waals surface area contributed by atoms with Crippen LogP contribution in [0.4, 0.5) is 4.39 Å². The van der Waals surface area contributed by atoms with Crippen molar-refractivity contribution in [1.82, 2.24) is 4.90 Å². The monoisotopic (exact) mass is 337 g/mol. The molecular weight excluding hydrogens is 313 g/mol. The molecule has 130 valence electrons. The zero-order valence-corrected chi connectivity index (χ0v) is 14.6. The fourth-order valence-electron chi connectivity index (χ4n) is 4.62. The Morgan fingerprint density at radius 3 is 2.44 bits per heavy atom. The van der Waals surface area contributed by atoms with Crippen LogP contribution in [0.3, 0.4) is 0 Å². The molecule has 2 aromatic carbocycles. The number of nitrogens with zero attached hydrogens (tertiary/aromatic N) is 1. The van der Waals surface area contributed by atoms with E-state index in [1.807, 2.05) is 13.0 Å². The molecule has 2 heterocycles. The Hall–Kier alpha value is -2.00. The molecule has 0 saturated carbocycles. The van der Waals surface area contributed by atoms with Crippen LogP contribution in [0.1, 0.15) is 47.2 Å². The molecule has 0 spiro atoms. The maximum absolute atomic E-state index is 13.6. The average Bonchev–Trinajstić information content (AvgIpc) is 2.85. The van der Waals surface area contributed by atoms with E-state index in [1.165, 1.54) is 30.5 Å². The summed E-state index contributed by atoms with van der Waals surface area (Å²) in [5, 5.41) is 0. The Bertz CT molecular complexity index is 759. The molecule has 2 aliphatic rings. The summed E-state index contributed by atoms with van der Waals surface area (Å²) in [6.45, 7) is 2.86. The number of aryl methyl sites for hydroxylation is 1. The largest absolute Gasteiger partial charge is 0.294 e.